The number of para-hydroxylation sites is 3. The van der Waals surface area contributed by atoms with E-state index in [0.29, 0.717) is 33.6 Å². The standard InChI is InChI=1S/C20H24Cl2N2O2/c1-3-24(4-2)14-8-13-19(25)26-18-12-6-5-11-17(18)23-20-15(21)9-7-10-16(20)22/h5-7,9-12,23H,3-4,8,13-14H2,1-2H3. The lowest BCUT2D eigenvalue weighted by Gasteiger charge is -2.17. The van der Waals surface area contributed by atoms with Gasteiger partial charge in [0, 0.05) is 6.42 Å². The predicted molar refractivity (Wildman–Crippen MR) is 109 cm³/mol. The number of hydrogen-bond donors (Lipinski definition) is 1. The van der Waals surface area contributed by atoms with E-state index in [-0.39, 0.29) is 5.97 Å². The van der Waals surface area contributed by atoms with Gasteiger partial charge in [-0.2, -0.15) is 0 Å². The van der Waals surface area contributed by atoms with E-state index in [4.69, 9.17) is 27.9 Å². The SMILES string of the molecule is CCN(CC)CCCC(=O)Oc1ccccc1Nc1c(Cl)cccc1Cl. The second-order valence-electron chi connectivity index (χ2n) is 5.82. The van der Waals surface area contributed by atoms with Crippen molar-refractivity contribution in [1.29, 1.82) is 0 Å². The van der Waals surface area contributed by atoms with Gasteiger partial charge in [-0.1, -0.05) is 55.2 Å². The molecule has 0 heterocycles. The van der Waals surface area contributed by atoms with Crippen molar-refractivity contribution in [3.05, 3.63) is 52.5 Å². The van der Waals surface area contributed by atoms with Crippen LogP contribution in [0.1, 0.15) is 26.7 Å². The first kappa shape index (κ1) is 20.6. The van der Waals surface area contributed by atoms with Crippen LogP contribution in [0.15, 0.2) is 42.5 Å². The van der Waals surface area contributed by atoms with Gasteiger partial charge >= 0.3 is 5.97 Å². The van der Waals surface area contributed by atoms with Gasteiger partial charge in [0.15, 0.2) is 5.75 Å². The highest BCUT2D eigenvalue weighted by molar-refractivity contribution is 6.39. The zero-order chi connectivity index (χ0) is 18.9. The van der Waals surface area contributed by atoms with Crippen LogP contribution in [-0.2, 0) is 4.79 Å². The van der Waals surface area contributed by atoms with Gasteiger partial charge in [-0.15, -0.1) is 0 Å². The summed E-state index contributed by atoms with van der Waals surface area (Å²) >= 11 is 12.4. The maximum absolute atomic E-state index is 12.2. The normalized spacial score (nSPS) is 10.8. The molecule has 0 bridgehead atoms. The van der Waals surface area contributed by atoms with Crippen molar-refractivity contribution < 1.29 is 9.53 Å². The van der Waals surface area contributed by atoms with E-state index in [1.807, 2.05) is 18.2 Å². The molecule has 2 aromatic carbocycles. The molecule has 6 heteroatoms. The summed E-state index contributed by atoms with van der Waals surface area (Å²) in [6.07, 6.45) is 1.14. The summed E-state index contributed by atoms with van der Waals surface area (Å²) < 4.78 is 5.54. The Hall–Kier alpha value is -1.75. The third-order valence-electron chi connectivity index (χ3n) is 4.08. The van der Waals surface area contributed by atoms with Crippen molar-refractivity contribution in [2.75, 3.05) is 25.0 Å². The zero-order valence-electron chi connectivity index (χ0n) is 15.1. The molecule has 1 N–H and O–H groups in total. The van der Waals surface area contributed by atoms with E-state index in [0.717, 1.165) is 26.1 Å². The molecule has 0 fully saturated rings. The molecule has 0 spiro atoms. The lowest BCUT2D eigenvalue weighted by atomic mass is 10.2. The Kier molecular flexibility index (Phi) is 8.23. The second kappa shape index (κ2) is 10.4. The molecular formula is C20H24Cl2N2O2. The smallest absolute Gasteiger partial charge is 0.311 e. The number of benzene rings is 2. The Balaban J connectivity index is 2.01. The number of nitrogens with zero attached hydrogens (tertiary/aromatic N) is 1. The largest absolute Gasteiger partial charge is 0.424 e. The number of carbonyl (C=O) groups excluding carboxylic acids is 1. The molecule has 0 aliphatic carbocycles. The molecular weight excluding hydrogens is 371 g/mol. The molecule has 0 aliphatic heterocycles. The monoisotopic (exact) mass is 394 g/mol. The first-order valence-electron chi connectivity index (χ1n) is 8.78. The number of anilines is 2. The van der Waals surface area contributed by atoms with Crippen molar-refractivity contribution >= 4 is 40.5 Å². The molecule has 0 aromatic heterocycles. The number of ether oxygens (including phenoxy) is 1. The van der Waals surface area contributed by atoms with Crippen LogP contribution in [0.4, 0.5) is 11.4 Å². The van der Waals surface area contributed by atoms with E-state index < -0.39 is 0 Å². The molecule has 0 radical (unpaired) electrons. The summed E-state index contributed by atoms with van der Waals surface area (Å²) in [7, 11) is 0. The fourth-order valence-electron chi connectivity index (χ4n) is 2.57. The van der Waals surface area contributed by atoms with Crippen LogP contribution in [0, 0.1) is 0 Å². The van der Waals surface area contributed by atoms with Gasteiger partial charge in [-0.05, 0) is 50.3 Å². The van der Waals surface area contributed by atoms with Crippen molar-refractivity contribution in [1.82, 2.24) is 4.90 Å². The van der Waals surface area contributed by atoms with Crippen molar-refractivity contribution in [2.24, 2.45) is 0 Å². The van der Waals surface area contributed by atoms with E-state index in [1.165, 1.54) is 0 Å². The predicted octanol–water partition coefficient (Wildman–Crippen LogP) is 5.76. The zero-order valence-corrected chi connectivity index (χ0v) is 16.6. The topological polar surface area (TPSA) is 41.6 Å². The van der Waals surface area contributed by atoms with Crippen LogP contribution in [-0.4, -0.2) is 30.5 Å². The molecule has 2 aromatic rings. The summed E-state index contributed by atoms with van der Waals surface area (Å²) in [6.45, 7) is 7.08. The molecule has 140 valence electrons. The molecule has 0 amide bonds. The fraction of sp³-hybridized carbons (Fsp3) is 0.350. The van der Waals surface area contributed by atoms with Crippen molar-refractivity contribution in [3.63, 3.8) is 0 Å². The average Bonchev–Trinajstić information content (AvgIpc) is 2.63. The lowest BCUT2D eigenvalue weighted by molar-refractivity contribution is -0.134. The molecule has 2 rings (SSSR count). The average molecular weight is 395 g/mol. The number of halogens is 2. The van der Waals surface area contributed by atoms with Crippen molar-refractivity contribution in [2.45, 2.75) is 26.7 Å². The maximum Gasteiger partial charge on any atom is 0.311 e. The van der Waals surface area contributed by atoms with Gasteiger partial charge in [0.25, 0.3) is 0 Å². The van der Waals surface area contributed by atoms with Crippen LogP contribution < -0.4 is 10.1 Å². The van der Waals surface area contributed by atoms with E-state index in [1.54, 1.807) is 24.3 Å². The van der Waals surface area contributed by atoms with Crippen LogP contribution in [0.25, 0.3) is 0 Å². The van der Waals surface area contributed by atoms with Crippen LogP contribution >= 0.6 is 23.2 Å². The van der Waals surface area contributed by atoms with E-state index in [9.17, 15) is 4.79 Å². The second-order valence-corrected chi connectivity index (χ2v) is 6.64. The minimum absolute atomic E-state index is 0.253. The van der Waals surface area contributed by atoms with Crippen molar-refractivity contribution in [3.8, 4) is 5.75 Å². The number of esters is 1. The minimum atomic E-state index is -0.253. The fourth-order valence-corrected chi connectivity index (χ4v) is 3.06. The highest BCUT2D eigenvalue weighted by Crippen LogP contribution is 2.35. The molecule has 26 heavy (non-hydrogen) atoms. The molecule has 0 atom stereocenters. The molecule has 0 saturated heterocycles. The number of rotatable bonds is 9. The van der Waals surface area contributed by atoms with Crippen LogP contribution in [0.3, 0.4) is 0 Å². The van der Waals surface area contributed by atoms with Gasteiger partial charge in [-0.3, -0.25) is 4.79 Å². The van der Waals surface area contributed by atoms with Gasteiger partial charge in [0.05, 0.1) is 21.4 Å². The van der Waals surface area contributed by atoms with E-state index in [2.05, 4.69) is 24.1 Å². The summed E-state index contributed by atoms with van der Waals surface area (Å²) in [4.78, 5) is 14.5. The Morgan fingerprint density at radius 2 is 1.69 bits per heavy atom. The van der Waals surface area contributed by atoms with Gasteiger partial charge in [-0.25, -0.2) is 0 Å². The first-order chi connectivity index (χ1) is 12.5. The minimum Gasteiger partial charge on any atom is -0.424 e. The van der Waals surface area contributed by atoms with Gasteiger partial charge in [0.2, 0.25) is 0 Å². The quantitative estimate of drug-likeness (QED) is 0.433. The number of nitrogens with one attached hydrogen (secondary N) is 1. The Morgan fingerprint density at radius 1 is 1.04 bits per heavy atom. The third kappa shape index (κ3) is 5.90. The van der Waals surface area contributed by atoms with Crippen LogP contribution in [0.5, 0.6) is 5.75 Å². The summed E-state index contributed by atoms with van der Waals surface area (Å²) in [5.41, 5.74) is 1.22. The first-order valence-corrected chi connectivity index (χ1v) is 9.53. The van der Waals surface area contributed by atoms with Gasteiger partial charge in [0.1, 0.15) is 0 Å². The molecule has 0 unspecified atom stereocenters. The number of hydrogen-bond acceptors (Lipinski definition) is 4. The maximum atomic E-state index is 12.2. The molecule has 4 nitrogen and oxygen atoms in total. The third-order valence-corrected chi connectivity index (χ3v) is 4.71. The Morgan fingerprint density at radius 3 is 2.35 bits per heavy atom. The summed E-state index contributed by atoms with van der Waals surface area (Å²) in [6, 6.07) is 12.5. The summed E-state index contributed by atoms with van der Waals surface area (Å²) in [5, 5.41) is 4.15. The highest BCUT2D eigenvalue weighted by Gasteiger charge is 2.12. The van der Waals surface area contributed by atoms with E-state index >= 15 is 0 Å². The van der Waals surface area contributed by atoms with Gasteiger partial charge < -0.3 is 15.0 Å². The molecule has 0 aliphatic rings. The number of carbonyl (C=O) groups is 1. The highest BCUT2D eigenvalue weighted by atomic mass is 35.5. The molecule has 0 saturated carbocycles. The Bertz CT molecular complexity index is 713. The summed E-state index contributed by atoms with van der Waals surface area (Å²) in [5.74, 6) is 0.202. The Labute approximate surface area is 165 Å². The lowest BCUT2D eigenvalue weighted by Crippen LogP contribution is -2.24. The van der Waals surface area contributed by atoms with Crippen LogP contribution in [0.2, 0.25) is 10.0 Å².